The van der Waals surface area contributed by atoms with Gasteiger partial charge in [-0.05, 0) is 12.8 Å². The Morgan fingerprint density at radius 2 is 2.28 bits per heavy atom. The summed E-state index contributed by atoms with van der Waals surface area (Å²) in [4.78, 5) is 12.5. The van der Waals surface area contributed by atoms with Gasteiger partial charge in [-0.2, -0.15) is 0 Å². The number of aromatic nitrogens is 4. The summed E-state index contributed by atoms with van der Waals surface area (Å²) in [5, 5.41) is 3.32. The summed E-state index contributed by atoms with van der Waals surface area (Å²) in [6.45, 7) is 4.03. The van der Waals surface area contributed by atoms with Gasteiger partial charge in [0.15, 0.2) is 0 Å². The summed E-state index contributed by atoms with van der Waals surface area (Å²) in [7, 11) is 0. The molecule has 0 spiro atoms. The second-order valence-corrected chi connectivity index (χ2v) is 4.23. The molecule has 2 aromatic rings. The number of anilines is 1. The van der Waals surface area contributed by atoms with E-state index in [2.05, 4.69) is 31.8 Å². The minimum atomic E-state index is 0.904. The van der Waals surface area contributed by atoms with Crippen molar-refractivity contribution in [2.45, 2.75) is 32.7 Å². The quantitative estimate of drug-likeness (QED) is 0.759. The molecular formula is C13H19N5. The van der Waals surface area contributed by atoms with Gasteiger partial charge in [-0.3, -0.25) is 0 Å². The number of rotatable bonds is 7. The van der Waals surface area contributed by atoms with Crippen molar-refractivity contribution < 1.29 is 0 Å². The Morgan fingerprint density at radius 1 is 1.33 bits per heavy atom. The number of nitrogens with one attached hydrogen (secondary N) is 1. The van der Waals surface area contributed by atoms with Gasteiger partial charge in [0, 0.05) is 37.2 Å². The molecule has 0 saturated heterocycles. The number of hydrogen-bond donors (Lipinski definition) is 1. The first-order chi connectivity index (χ1) is 8.88. The highest BCUT2D eigenvalue weighted by Gasteiger charge is 1.97. The van der Waals surface area contributed by atoms with E-state index in [1.807, 2.05) is 18.6 Å². The van der Waals surface area contributed by atoms with Crippen LogP contribution in [0.2, 0.25) is 0 Å². The SMILES string of the molecule is CCCc1cc(NCCCn2ccnc2)ncn1. The van der Waals surface area contributed by atoms with E-state index in [-0.39, 0.29) is 0 Å². The van der Waals surface area contributed by atoms with Gasteiger partial charge in [0.2, 0.25) is 0 Å². The molecule has 96 valence electrons. The third-order valence-electron chi connectivity index (χ3n) is 2.69. The number of imidazole rings is 1. The van der Waals surface area contributed by atoms with E-state index in [1.54, 1.807) is 12.5 Å². The molecule has 2 aromatic heterocycles. The largest absolute Gasteiger partial charge is 0.370 e. The fourth-order valence-electron chi connectivity index (χ4n) is 1.78. The molecule has 0 unspecified atom stereocenters. The van der Waals surface area contributed by atoms with E-state index >= 15 is 0 Å². The van der Waals surface area contributed by atoms with Gasteiger partial charge in [-0.1, -0.05) is 13.3 Å². The smallest absolute Gasteiger partial charge is 0.129 e. The van der Waals surface area contributed by atoms with Crippen LogP contribution < -0.4 is 5.32 Å². The molecule has 0 amide bonds. The zero-order chi connectivity index (χ0) is 12.6. The minimum Gasteiger partial charge on any atom is -0.370 e. The first-order valence-electron chi connectivity index (χ1n) is 6.39. The second-order valence-electron chi connectivity index (χ2n) is 4.23. The van der Waals surface area contributed by atoms with Crippen LogP contribution in [0.4, 0.5) is 5.82 Å². The third kappa shape index (κ3) is 3.84. The summed E-state index contributed by atoms with van der Waals surface area (Å²) in [6.07, 6.45) is 10.4. The maximum absolute atomic E-state index is 4.23. The molecule has 0 radical (unpaired) electrons. The Bertz CT molecular complexity index is 452. The molecule has 0 aliphatic carbocycles. The highest BCUT2D eigenvalue weighted by atomic mass is 15.0. The van der Waals surface area contributed by atoms with Crippen molar-refractivity contribution in [2.75, 3.05) is 11.9 Å². The number of aryl methyl sites for hydroxylation is 2. The monoisotopic (exact) mass is 245 g/mol. The molecule has 0 aliphatic heterocycles. The summed E-state index contributed by atoms with van der Waals surface area (Å²) in [6, 6.07) is 2.03. The van der Waals surface area contributed by atoms with Crippen LogP contribution in [0.5, 0.6) is 0 Å². The normalized spacial score (nSPS) is 10.5. The van der Waals surface area contributed by atoms with E-state index in [1.165, 1.54) is 0 Å². The van der Waals surface area contributed by atoms with E-state index in [0.717, 1.165) is 43.9 Å². The van der Waals surface area contributed by atoms with Crippen LogP contribution in [0.1, 0.15) is 25.5 Å². The van der Waals surface area contributed by atoms with Gasteiger partial charge in [-0.15, -0.1) is 0 Å². The molecular weight excluding hydrogens is 226 g/mol. The van der Waals surface area contributed by atoms with Crippen molar-refractivity contribution in [3.63, 3.8) is 0 Å². The lowest BCUT2D eigenvalue weighted by Crippen LogP contribution is -2.07. The fourth-order valence-corrected chi connectivity index (χ4v) is 1.78. The zero-order valence-corrected chi connectivity index (χ0v) is 10.7. The van der Waals surface area contributed by atoms with Crippen LogP contribution in [-0.4, -0.2) is 26.1 Å². The van der Waals surface area contributed by atoms with Crippen LogP contribution in [0.3, 0.4) is 0 Å². The van der Waals surface area contributed by atoms with Crippen molar-refractivity contribution in [2.24, 2.45) is 0 Å². The first-order valence-corrected chi connectivity index (χ1v) is 6.39. The van der Waals surface area contributed by atoms with E-state index in [0.29, 0.717) is 0 Å². The maximum Gasteiger partial charge on any atom is 0.129 e. The molecule has 0 fully saturated rings. The van der Waals surface area contributed by atoms with Gasteiger partial charge in [0.1, 0.15) is 12.1 Å². The Labute approximate surface area is 107 Å². The highest BCUT2D eigenvalue weighted by molar-refractivity contribution is 5.34. The average Bonchev–Trinajstić information content (AvgIpc) is 2.89. The molecule has 2 rings (SSSR count). The maximum atomic E-state index is 4.23. The Balaban J connectivity index is 1.74. The first kappa shape index (κ1) is 12.5. The van der Waals surface area contributed by atoms with Gasteiger partial charge >= 0.3 is 0 Å². The molecule has 1 N–H and O–H groups in total. The summed E-state index contributed by atoms with van der Waals surface area (Å²) >= 11 is 0. The highest BCUT2D eigenvalue weighted by Crippen LogP contribution is 2.06. The average molecular weight is 245 g/mol. The predicted molar refractivity (Wildman–Crippen MR) is 71.4 cm³/mol. The number of hydrogen-bond acceptors (Lipinski definition) is 4. The lowest BCUT2D eigenvalue weighted by molar-refractivity contribution is 0.660. The van der Waals surface area contributed by atoms with Gasteiger partial charge < -0.3 is 9.88 Å². The van der Waals surface area contributed by atoms with Crippen LogP contribution in [-0.2, 0) is 13.0 Å². The van der Waals surface area contributed by atoms with E-state index in [9.17, 15) is 0 Å². The zero-order valence-electron chi connectivity index (χ0n) is 10.7. The van der Waals surface area contributed by atoms with Crippen molar-refractivity contribution in [1.82, 2.24) is 19.5 Å². The Hall–Kier alpha value is -1.91. The van der Waals surface area contributed by atoms with Crippen molar-refractivity contribution in [1.29, 1.82) is 0 Å². The molecule has 0 aromatic carbocycles. The summed E-state index contributed by atoms with van der Waals surface area (Å²) in [5.74, 6) is 0.916. The molecule has 0 bridgehead atoms. The molecule has 0 atom stereocenters. The predicted octanol–water partition coefficient (Wildman–Crippen LogP) is 2.13. The third-order valence-corrected chi connectivity index (χ3v) is 2.69. The van der Waals surface area contributed by atoms with Gasteiger partial charge in [-0.25, -0.2) is 15.0 Å². The second kappa shape index (κ2) is 6.74. The van der Waals surface area contributed by atoms with Crippen LogP contribution >= 0.6 is 0 Å². The van der Waals surface area contributed by atoms with E-state index < -0.39 is 0 Å². The van der Waals surface area contributed by atoms with Crippen molar-refractivity contribution in [3.05, 3.63) is 36.8 Å². The molecule has 5 nitrogen and oxygen atoms in total. The van der Waals surface area contributed by atoms with Gasteiger partial charge in [0.25, 0.3) is 0 Å². The Morgan fingerprint density at radius 3 is 3.06 bits per heavy atom. The molecule has 18 heavy (non-hydrogen) atoms. The van der Waals surface area contributed by atoms with Crippen LogP contribution in [0.15, 0.2) is 31.1 Å². The lowest BCUT2D eigenvalue weighted by Gasteiger charge is -2.07. The minimum absolute atomic E-state index is 0.904. The Kier molecular flexibility index (Phi) is 4.69. The van der Waals surface area contributed by atoms with Crippen LogP contribution in [0, 0.1) is 0 Å². The standard InChI is InChI=1S/C13H19N5/c1-2-4-12-9-13(17-10-16-12)15-5-3-7-18-8-6-14-11-18/h6,8-11H,2-5,7H2,1H3,(H,15,16,17). The molecule has 0 aliphatic rings. The number of nitrogens with zero attached hydrogens (tertiary/aromatic N) is 4. The van der Waals surface area contributed by atoms with E-state index in [4.69, 9.17) is 0 Å². The fraction of sp³-hybridized carbons (Fsp3) is 0.462. The van der Waals surface area contributed by atoms with Crippen molar-refractivity contribution in [3.8, 4) is 0 Å². The van der Waals surface area contributed by atoms with Crippen molar-refractivity contribution >= 4 is 5.82 Å². The summed E-state index contributed by atoms with van der Waals surface area (Å²) in [5.41, 5.74) is 1.10. The van der Waals surface area contributed by atoms with Gasteiger partial charge in [0.05, 0.1) is 6.33 Å². The molecule has 5 heteroatoms. The topological polar surface area (TPSA) is 55.6 Å². The molecule has 0 saturated carbocycles. The lowest BCUT2D eigenvalue weighted by atomic mass is 10.2. The summed E-state index contributed by atoms with van der Waals surface area (Å²) < 4.78 is 2.07. The molecule has 2 heterocycles. The van der Waals surface area contributed by atoms with Crippen LogP contribution in [0.25, 0.3) is 0 Å².